The summed E-state index contributed by atoms with van der Waals surface area (Å²) in [6.07, 6.45) is 0. The van der Waals surface area contributed by atoms with Crippen molar-refractivity contribution in [3.05, 3.63) is 63.7 Å². The highest BCUT2D eigenvalue weighted by Gasteiger charge is 2.10. The quantitative estimate of drug-likeness (QED) is 0.683. The lowest BCUT2D eigenvalue weighted by molar-refractivity contribution is 0.102. The Morgan fingerprint density at radius 1 is 1.15 bits per heavy atom. The Hall–Kier alpha value is -1.78. The molecule has 0 bridgehead atoms. The van der Waals surface area contributed by atoms with E-state index in [0.29, 0.717) is 16.4 Å². The van der Waals surface area contributed by atoms with E-state index >= 15 is 0 Å². The summed E-state index contributed by atoms with van der Waals surface area (Å²) >= 11 is 9.31. The molecule has 100 valence electrons. The molecule has 1 heterocycles. The Labute approximate surface area is 129 Å². The zero-order chi connectivity index (χ0) is 14.1. The van der Waals surface area contributed by atoms with Gasteiger partial charge in [0, 0.05) is 21.1 Å². The van der Waals surface area contributed by atoms with Crippen molar-refractivity contribution in [2.24, 2.45) is 0 Å². The van der Waals surface area contributed by atoms with E-state index in [-0.39, 0.29) is 5.91 Å². The molecule has 0 atom stereocenters. The molecule has 3 rings (SSSR count). The van der Waals surface area contributed by atoms with Crippen LogP contribution >= 0.6 is 27.5 Å². The summed E-state index contributed by atoms with van der Waals surface area (Å²) in [7, 11) is 0. The summed E-state index contributed by atoms with van der Waals surface area (Å²) in [6, 6.07) is 14.9. The molecule has 0 spiro atoms. The molecule has 2 aromatic carbocycles. The Kier molecular flexibility index (Phi) is 3.51. The second-order valence-corrected chi connectivity index (χ2v) is 5.61. The van der Waals surface area contributed by atoms with Crippen LogP contribution in [0.4, 0.5) is 5.69 Å². The van der Waals surface area contributed by atoms with Gasteiger partial charge in [-0.05, 0) is 46.3 Å². The van der Waals surface area contributed by atoms with Gasteiger partial charge in [0.15, 0.2) is 0 Å². The Bertz CT molecular complexity index is 764. The molecule has 0 saturated heterocycles. The highest BCUT2D eigenvalue weighted by molar-refractivity contribution is 9.10. The molecule has 0 saturated carbocycles. The van der Waals surface area contributed by atoms with Crippen molar-refractivity contribution in [2.75, 3.05) is 5.32 Å². The maximum absolute atomic E-state index is 12.2. The number of hydrogen-bond acceptors (Lipinski definition) is 1. The third-order valence-corrected chi connectivity index (χ3v) is 4.18. The molecule has 3 nitrogen and oxygen atoms in total. The van der Waals surface area contributed by atoms with E-state index in [1.165, 1.54) is 0 Å². The van der Waals surface area contributed by atoms with E-state index in [2.05, 4.69) is 26.2 Å². The second-order valence-electron chi connectivity index (χ2n) is 4.35. The van der Waals surface area contributed by atoms with Crippen LogP contribution in [-0.2, 0) is 0 Å². The minimum absolute atomic E-state index is 0.195. The number of H-pyrrole nitrogens is 1. The van der Waals surface area contributed by atoms with Crippen molar-refractivity contribution in [3.63, 3.8) is 0 Å². The third-order valence-electron chi connectivity index (χ3n) is 2.95. The monoisotopic (exact) mass is 348 g/mol. The summed E-state index contributed by atoms with van der Waals surface area (Å²) in [5.41, 5.74) is 2.11. The number of aromatic nitrogens is 1. The van der Waals surface area contributed by atoms with Crippen LogP contribution in [0.15, 0.2) is 53.0 Å². The molecule has 0 unspecified atom stereocenters. The molecule has 0 aliphatic carbocycles. The lowest BCUT2D eigenvalue weighted by Gasteiger charge is -2.05. The first-order chi connectivity index (χ1) is 9.63. The van der Waals surface area contributed by atoms with Gasteiger partial charge in [0.25, 0.3) is 5.91 Å². The Balaban J connectivity index is 1.86. The summed E-state index contributed by atoms with van der Waals surface area (Å²) in [5.74, 6) is -0.195. The van der Waals surface area contributed by atoms with Crippen molar-refractivity contribution < 1.29 is 4.79 Å². The fourth-order valence-electron chi connectivity index (χ4n) is 1.97. The van der Waals surface area contributed by atoms with Crippen LogP contribution in [0.2, 0.25) is 5.02 Å². The predicted octanol–water partition coefficient (Wildman–Crippen LogP) is 4.84. The summed E-state index contributed by atoms with van der Waals surface area (Å²) in [6.45, 7) is 0. The molecule has 2 N–H and O–H groups in total. The van der Waals surface area contributed by atoms with Gasteiger partial charge in [-0.25, -0.2) is 0 Å². The topological polar surface area (TPSA) is 44.9 Å². The van der Waals surface area contributed by atoms with Crippen LogP contribution in [0.3, 0.4) is 0 Å². The molecule has 0 aliphatic heterocycles. The third kappa shape index (κ3) is 2.57. The van der Waals surface area contributed by atoms with Gasteiger partial charge in [0.05, 0.1) is 5.02 Å². The number of nitrogens with one attached hydrogen (secondary N) is 2. The van der Waals surface area contributed by atoms with E-state index in [9.17, 15) is 4.79 Å². The van der Waals surface area contributed by atoms with Crippen LogP contribution < -0.4 is 5.32 Å². The molecule has 3 aromatic rings. The SMILES string of the molecule is O=C(Nc1ccc(Br)c(Cl)c1)c1cc2ccccc2[nH]1. The molecule has 0 radical (unpaired) electrons. The van der Waals surface area contributed by atoms with Crippen molar-refractivity contribution in [3.8, 4) is 0 Å². The minimum atomic E-state index is -0.195. The first-order valence-electron chi connectivity index (χ1n) is 5.97. The van der Waals surface area contributed by atoms with Gasteiger partial charge < -0.3 is 10.3 Å². The number of carbonyl (C=O) groups excluding carboxylic acids is 1. The minimum Gasteiger partial charge on any atom is -0.351 e. The van der Waals surface area contributed by atoms with Crippen LogP contribution in [0.25, 0.3) is 10.9 Å². The number of rotatable bonds is 2. The molecule has 5 heteroatoms. The highest BCUT2D eigenvalue weighted by Crippen LogP contribution is 2.26. The average molecular weight is 350 g/mol. The van der Waals surface area contributed by atoms with Gasteiger partial charge in [-0.15, -0.1) is 0 Å². The fourth-order valence-corrected chi connectivity index (χ4v) is 2.40. The number of halogens is 2. The van der Waals surface area contributed by atoms with E-state index < -0.39 is 0 Å². The van der Waals surface area contributed by atoms with Gasteiger partial charge in [-0.1, -0.05) is 29.8 Å². The lowest BCUT2D eigenvalue weighted by Crippen LogP contribution is -2.12. The maximum Gasteiger partial charge on any atom is 0.272 e. The number of anilines is 1. The van der Waals surface area contributed by atoms with Crippen LogP contribution in [0, 0.1) is 0 Å². The first-order valence-corrected chi connectivity index (χ1v) is 7.15. The zero-order valence-electron chi connectivity index (χ0n) is 10.3. The van der Waals surface area contributed by atoms with Gasteiger partial charge in [0.2, 0.25) is 0 Å². The van der Waals surface area contributed by atoms with Crippen LogP contribution in [-0.4, -0.2) is 10.9 Å². The van der Waals surface area contributed by atoms with Crippen molar-refractivity contribution in [1.29, 1.82) is 0 Å². The van der Waals surface area contributed by atoms with Crippen LogP contribution in [0.1, 0.15) is 10.5 Å². The van der Waals surface area contributed by atoms with Crippen molar-refractivity contribution >= 4 is 50.0 Å². The zero-order valence-corrected chi connectivity index (χ0v) is 12.6. The number of aromatic amines is 1. The Morgan fingerprint density at radius 2 is 1.95 bits per heavy atom. The first kappa shape index (κ1) is 13.2. The molecule has 0 aliphatic rings. The standard InChI is InChI=1S/C15H10BrClN2O/c16-11-6-5-10(8-12(11)17)18-15(20)14-7-9-3-1-2-4-13(9)19-14/h1-8,19H,(H,18,20). The van der Waals surface area contributed by atoms with Gasteiger partial charge in [-0.2, -0.15) is 0 Å². The summed E-state index contributed by atoms with van der Waals surface area (Å²) < 4.78 is 0.794. The Morgan fingerprint density at radius 3 is 2.70 bits per heavy atom. The largest absolute Gasteiger partial charge is 0.351 e. The lowest BCUT2D eigenvalue weighted by atomic mass is 10.2. The smallest absolute Gasteiger partial charge is 0.272 e. The van der Waals surface area contributed by atoms with E-state index in [4.69, 9.17) is 11.6 Å². The van der Waals surface area contributed by atoms with Crippen molar-refractivity contribution in [1.82, 2.24) is 4.98 Å². The van der Waals surface area contributed by atoms with E-state index in [1.807, 2.05) is 30.3 Å². The van der Waals surface area contributed by atoms with Gasteiger partial charge in [0.1, 0.15) is 5.69 Å². The number of amides is 1. The average Bonchev–Trinajstić information content (AvgIpc) is 2.87. The van der Waals surface area contributed by atoms with E-state index in [0.717, 1.165) is 15.4 Å². The molecule has 1 aromatic heterocycles. The summed E-state index contributed by atoms with van der Waals surface area (Å²) in [4.78, 5) is 15.3. The highest BCUT2D eigenvalue weighted by atomic mass is 79.9. The fraction of sp³-hybridized carbons (Fsp3) is 0. The number of hydrogen-bond donors (Lipinski definition) is 2. The summed E-state index contributed by atoms with van der Waals surface area (Å²) in [5, 5.41) is 4.37. The predicted molar refractivity (Wildman–Crippen MR) is 85.4 cm³/mol. The molecular weight excluding hydrogens is 340 g/mol. The van der Waals surface area contributed by atoms with Gasteiger partial charge in [-0.3, -0.25) is 4.79 Å². The van der Waals surface area contributed by atoms with E-state index in [1.54, 1.807) is 18.2 Å². The van der Waals surface area contributed by atoms with Crippen LogP contribution in [0.5, 0.6) is 0 Å². The second kappa shape index (κ2) is 5.31. The molecule has 20 heavy (non-hydrogen) atoms. The molecule has 0 fully saturated rings. The maximum atomic E-state index is 12.2. The number of benzene rings is 2. The molecular formula is C15H10BrClN2O. The normalized spacial score (nSPS) is 10.7. The van der Waals surface area contributed by atoms with Crippen molar-refractivity contribution in [2.45, 2.75) is 0 Å². The number of para-hydroxylation sites is 1. The van der Waals surface area contributed by atoms with Gasteiger partial charge >= 0.3 is 0 Å². The number of fused-ring (bicyclic) bond motifs is 1. The number of carbonyl (C=O) groups is 1. The molecule has 1 amide bonds.